The van der Waals surface area contributed by atoms with E-state index in [9.17, 15) is 36.7 Å². The number of imidazole rings is 2. The first-order chi connectivity index (χ1) is 41.7. The Morgan fingerprint density at radius 2 is 1.24 bits per heavy atom. The molecule has 2 aliphatic heterocycles. The molecule has 0 bridgehead atoms. The Kier molecular flexibility index (Phi) is 26.7. The van der Waals surface area contributed by atoms with Gasteiger partial charge in [0.05, 0.1) is 58.0 Å². The summed E-state index contributed by atoms with van der Waals surface area (Å²) in [6.07, 6.45) is 18.7. The van der Waals surface area contributed by atoms with Crippen LogP contribution in [0.1, 0.15) is 76.4 Å². The number of amides is 4. The van der Waals surface area contributed by atoms with E-state index in [4.69, 9.17) is 42.6 Å². The van der Waals surface area contributed by atoms with Gasteiger partial charge in [0, 0.05) is 97.9 Å². The molecule has 30 heteroatoms. The average Bonchev–Trinajstić information content (AvgIpc) is 1.72. The topological polar surface area (TPSA) is 297 Å². The predicted octanol–water partition coefficient (Wildman–Crippen LogP) is 5.96. The molecular weight excluding hydrogens is 1320 g/mol. The summed E-state index contributed by atoms with van der Waals surface area (Å²) in [6.45, 7) is 13.9. The molecule has 2 saturated heterocycles. The van der Waals surface area contributed by atoms with Crippen molar-refractivity contribution in [1.82, 2.24) is 53.1 Å². The molecule has 7 aromatic rings. The van der Waals surface area contributed by atoms with Crippen LogP contribution in [0.15, 0.2) is 86.9 Å². The Labute approximate surface area is 521 Å². The fourth-order valence-electron chi connectivity index (χ4n) is 9.15. The largest absolute Gasteiger partial charge is 0.384 e. The lowest BCUT2D eigenvalue weighted by Crippen LogP contribution is -2.37. The Morgan fingerprint density at radius 3 is 1.67 bits per heavy atom. The maximum absolute atomic E-state index is 14.5. The van der Waals surface area contributed by atoms with Gasteiger partial charge in [0.2, 0.25) is 11.8 Å². The number of fused-ring (bicyclic) bond motifs is 2. The van der Waals surface area contributed by atoms with Gasteiger partial charge in [0.25, 0.3) is 11.8 Å². The third-order valence-electron chi connectivity index (χ3n) is 12.9. The molecule has 464 valence electrons. The molecule has 0 saturated carbocycles. The summed E-state index contributed by atoms with van der Waals surface area (Å²) in [5, 5.41) is 15.5. The van der Waals surface area contributed by atoms with Crippen LogP contribution in [0.2, 0.25) is 0 Å². The van der Waals surface area contributed by atoms with Crippen LogP contribution in [-0.2, 0) is 28.5 Å². The number of terminal acetylenes is 1. The number of halogens is 6. The molecule has 8 N–H and O–H groups in total. The number of carbonyl (C=O) groups is 4. The van der Waals surface area contributed by atoms with Crippen LogP contribution in [0.5, 0.6) is 0 Å². The van der Waals surface area contributed by atoms with E-state index in [2.05, 4.69) is 82.6 Å². The SMILES string of the molecule is C#Cc1nn([C@H]2C[C@H](COC)N(C(=O)C=C)C2)c(NC)c1C(N)=O.C=CC(=O)N1C[C@@H](n2nc(C#Cc3cc4nccn4cc3F)c(C(N)=O)c2NC)C[C@@H]1COC.CCOC(CBr)OCC.Fc1cc2nccn2cc1F.Nc1cc(I)c(F)cn1. The number of methoxy groups -OCH3 is 2. The van der Waals surface area contributed by atoms with Crippen molar-refractivity contribution in [2.45, 2.75) is 57.1 Å². The van der Waals surface area contributed by atoms with Crippen LogP contribution in [0.3, 0.4) is 0 Å². The second kappa shape index (κ2) is 33.5. The molecule has 0 unspecified atom stereocenters. The van der Waals surface area contributed by atoms with E-state index in [-0.39, 0.29) is 76.2 Å². The fourth-order valence-corrected chi connectivity index (χ4v) is 9.98. The number of primary amides is 2. The first kappa shape index (κ1) is 69.4. The van der Waals surface area contributed by atoms with Crippen LogP contribution in [0.4, 0.5) is 35.0 Å². The zero-order valence-electron chi connectivity index (χ0n) is 48.4. The highest BCUT2D eigenvalue weighted by Gasteiger charge is 2.39. The van der Waals surface area contributed by atoms with Crippen molar-refractivity contribution in [2.75, 3.05) is 89.5 Å². The minimum Gasteiger partial charge on any atom is -0.384 e. The number of nitrogens with zero attached hydrogens (tertiary/aromatic N) is 11. The Balaban J connectivity index is 0.000000223. The molecule has 4 amide bonds. The van der Waals surface area contributed by atoms with Crippen LogP contribution >= 0.6 is 38.5 Å². The first-order valence-corrected chi connectivity index (χ1v) is 28.7. The van der Waals surface area contributed by atoms with E-state index >= 15 is 0 Å². The number of pyridine rings is 3. The zero-order valence-corrected chi connectivity index (χ0v) is 52.1. The van der Waals surface area contributed by atoms with Gasteiger partial charge >= 0.3 is 0 Å². The van der Waals surface area contributed by atoms with Crippen LogP contribution in [-0.4, -0.2) is 168 Å². The first-order valence-electron chi connectivity index (χ1n) is 26.5. The molecule has 9 rings (SSSR count). The van der Waals surface area contributed by atoms with Gasteiger partial charge in [-0.3, -0.25) is 19.2 Å². The minimum atomic E-state index is -0.872. The van der Waals surface area contributed by atoms with Crippen molar-refractivity contribution in [3.8, 4) is 24.2 Å². The average molecular weight is 1390 g/mol. The highest BCUT2D eigenvalue weighted by molar-refractivity contribution is 14.1. The van der Waals surface area contributed by atoms with E-state index in [1.807, 2.05) is 36.4 Å². The number of nitrogens with two attached hydrogens (primary N) is 3. The summed E-state index contributed by atoms with van der Waals surface area (Å²) in [5.74, 6) is 4.70. The monoisotopic (exact) mass is 1380 g/mol. The smallest absolute Gasteiger partial charge is 0.255 e. The van der Waals surface area contributed by atoms with Crippen molar-refractivity contribution in [3.05, 3.63) is 142 Å². The van der Waals surface area contributed by atoms with Crippen molar-refractivity contribution in [1.29, 1.82) is 0 Å². The van der Waals surface area contributed by atoms with Gasteiger partial charge in [0.15, 0.2) is 35.3 Å². The molecule has 7 aromatic heterocycles. The third-order valence-corrected chi connectivity index (χ3v) is 14.3. The number of aromatic nitrogens is 9. The Bertz CT molecular complexity index is 3610. The van der Waals surface area contributed by atoms with Gasteiger partial charge < -0.3 is 65.4 Å². The van der Waals surface area contributed by atoms with Gasteiger partial charge in [-0.05, 0) is 85.4 Å². The molecule has 24 nitrogen and oxygen atoms in total. The maximum Gasteiger partial charge on any atom is 0.255 e. The van der Waals surface area contributed by atoms with Crippen molar-refractivity contribution in [3.63, 3.8) is 0 Å². The molecule has 0 aromatic carbocycles. The summed E-state index contributed by atoms with van der Waals surface area (Å²) in [5.41, 5.74) is 17.9. The predicted molar refractivity (Wildman–Crippen MR) is 329 cm³/mol. The maximum atomic E-state index is 14.5. The standard InChI is InChI=1S/C23H24FN7O3.C16H21N5O3.C7H4F2N2.C6H13BrO2.C5H4FIN2/c1-4-20(32)30-11-15(10-16(30)13-34-3)31-23(26-2)21(22(25)33)18(28-31)6-5-14-9-19-27-7-8-29(19)12-17(14)24;1-5-12-14(15(17)23)16(18-3)21(19-12)10-7-11(9-24-4)20(8-10)13(22)6-2;8-5-3-7-10-1-2-11(7)4-6(5)9;1-3-8-6(5-7)9-4-2;6-3-2-9-5(8)1-4(3)7/h4,7-9,12,15-16,26H,1,10-11,13H2,2-3H3,(H2,25,33);1,6,10-11,18H,2,7-9H2,3-4H3,(H2,17,23);1-4H;6H,3-5H2,1-2H3;1-2H,(H2,8,9)/t15-,16+;10-,11+;;;/m00.../s1. The lowest BCUT2D eigenvalue weighted by Gasteiger charge is -2.22. The van der Waals surface area contributed by atoms with Crippen molar-refractivity contribution >= 4 is 90.9 Å². The second-order valence-corrected chi connectivity index (χ2v) is 20.3. The lowest BCUT2D eigenvalue weighted by molar-refractivity contribution is -0.128. The second-order valence-electron chi connectivity index (χ2n) is 18.5. The summed E-state index contributed by atoms with van der Waals surface area (Å²) in [4.78, 5) is 63.2. The normalized spacial score (nSPS) is 15.7. The summed E-state index contributed by atoms with van der Waals surface area (Å²) < 4.78 is 79.3. The van der Waals surface area contributed by atoms with Crippen LogP contribution in [0, 0.1) is 51.0 Å². The van der Waals surface area contributed by atoms with E-state index < -0.39 is 29.3 Å². The third kappa shape index (κ3) is 17.9. The molecule has 2 fully saturated rings. The number of carbonyl (C=O) groups excluding carboxylic acids is 4. The van der Waals surface area contributed by atoms with E-state index in [1.165, 1.54) is 45.5 Å². The van der Waals surface area contributed by atoms with E-state index in [0.29, 0.717) is 84.7 Å². The minimum absolute atomic E-state index is 0.0694. The van der Waals surface area contributed by atoms with Gasteiger partial charge in [-0.2, -0.15) is 10.2 Å². The highest BCUT2D eigenvalue weighted by atomic mass is 127. The van der Waals surface area contributed by atoms with Crippen LogP contribution < -0.4 is 27.8 Å². The number of nitrogens with one attached hydrogen (secondary N) is 2. The summed E-state index contributed by atoms with van der Waals surface area (Å²) in [7, 11) is 6.44. The molecular formula is C57H66BrF4IN16O8. The number of alkyl halides is 1. The number of likely N-dealkylation sites (tertiary alicyclic amines) is 2. The molecule has 0 aliphatic carbocycles. The van der Waals surface area contributed by atoms with E-state index in [0.717, 1.165) is 23.8 Å². The Hall–Kier alpha value is -8.40. The van der Waals surface area contributed by atoms with Gasteiger partial charge in [-0.15, -0.1) is 6.42 Å². The highest BCUT2D eigenvalue weighted by Crippen LogP contribution is 2.34. The van der Waals surface area contributed by atoms with Gasteiger partial charge in [-0.25, -0.2) is 41.9 Å². The number of nitrogen functional groups attached to an aromatic ring is 1. The fraction of sp³-hybridized carbons (Fsp3) is 0.351. The quantitative estimate of drug-likeness (QED) is 0.0175. The molecule has 87 heavy (non-hydrogen) atoms. The van der Waals surface area contributed by atoms with Gasteiger partial charge in [0.1, 0.15) is 45.6 Å². The number of rotatable bonds is 17. The molecule has 4 atom stereocenters. The van der Waals surface area contributed by atoms with E-state index in [1.54, 1.807) is 66.1 Å². The lowest BCUT2D eigenvalue weighted by atomic mass is 10.1. The number of ether oxygens (including phenoxy) is 4. The number of hydrogen-bond donors (Lipinski definition) is 5. The summed E-state index contributed by atoms with van der Waals surface area (Å²) in [6, 6.07) is 3.33. The number of hydrogen-bond acceptors (Lipinski definition) is 16. The van der Waals surface area contributed by atoms with Crippen molar-refractivity contribution < 1.29 is 55.7 Å². The molecule has 0 radical (unpaired) electrons. The van der Waals surface area contributed by atoms with Crippen LogP contribution in [0.25, 0.3) is 11.3 Å². The molecule has 2 aliphatic rings. The Morgan fingerprint density at radius 1 is 0.759 bits per heavy atom. The molecule has 9 heterocycles. The van der Waals surface area contributed by atoms with Gasteiger partial charge in [-0.1, -0.05) is 35.0 Å². The number of anilines is 3. The zero-order chi connectivity index (χ0) is 64.1. The summed E-state index contributed by atoms with van der Waals surface area (Å²) >= 11 is 5.12. The van der Waals surface area contributed by atoms with Crippen molar-refractivity contribution in [2.24, 2.45) is 11.5 Å². The molecule has 0 spiro atoms.